The molecule has 3 aromatic rings. The van der Waals surface area contributed by atoms with Gasteiger partial charge in [0, 0.05) is 17.0 Å². The van der Waals surface area contributed by atoms with E-state index < -0.39 is 27.7 Å². The Morgan fingerprint density at radius 3 is 2.39 bits per heavy atom. The summed E-state index contributed by atoms with van der Waals surface area (Å²) in [6.45, 7) is 7.44. The Hall–Kier alpha value is -2.97. The lowest BCUT2D eigenvalue weighted by atomic mass is 10.0. The summed E-state index contributed by atoms with van der Waals surface area (Å²) >= 11 is 0. The first kappa shape index (κ1) is 24.7. The van der Waals surface area contributed by atoms with Gasteiger partial charge in [0.15, 0.2) is 0 Å². The number of sulfonamides is 1. The van der Waals surface area contributed by atoms with E-state index in [1.807, 2.05) is 20.8 Å². The standard InChI is InChI=1S/C25H29NO6S/c1-5-7-18-15-23(27)32-24-17(4)22(14-13-20(18)24)31-25(28)21(8-6-2)26-33(29,30)19-11-9-16(3)10-12-19/h9-15,21,26H,5-8H2,1-4H3. The fourth-order valence-corrected chi connectivity index (χ4v) is 4.88. The molecular formula is C25H29NO6S. The van der Waals surface area contributed by atoms with Crippen LogP contribution in [-0.2, 0) is 21.2 Å². The van der Waals surface area contributed by atoms with Gasteiger partial charge < -0.3 is 9.15 Å². The third-order valence-corrected chi connectivity index (χ3v) is 6.90. The molecule has 0 saturated heterocycles. The zero-order valence-corrected chi connectivity index (χ0v) is 20.1. The molecule has 1 heterocycles. The van der Waals surface area contributed by atoms with Crippen LogP contribution in [0.3, 0.4) is 0 Å². The van der Waals surface area contributed by atoms with E-state index in [4.69, 9.17) is 9.15 Å². The van der Waals surface area contributed by atoms with Crippen molar-refractivity contribution in [3.8, 4) is 5.75 Å². The molecule has 1 N–H and O–H groups in total. The third-order valence-electron chi connectivity index (χ3n) is 5.42. The van der Waals surface area contributed by atoms with Crippen LogP contribution in [0.15, 0.2) is 56.6 Å². The first-order valence-electron chi connectivity index (χ1n) is 11.0. The maximum Gasteiger partial charge on any atom is 0.336 e. The summed E-state index contributed by atoms with van der Waals surface area (Å²) in [5.41, 5.74) is 2.21. The number of ether oxygens (including phenoxy) is 1. The molecule has 1 unspecified atom stereocenters. The molecule has 0 amide bonds. The van der Waals surface area contributed by atoms with Crippen LogP contribution < -0.4 is 15.1 Å². The normalized spacial score (nSPS) is 12.6. The van der Waals surface area contributed by atoms with Gasteiger partial charge in [-0.3, -0.25) is 0 Å². The van der Waals surface area contributed by atoms with Crippen molar-refractivity contribution in [1.82, 2.24) is 4.72 Å². The largest absolute Gasteiger partial charge is 0.425 e. The van der Waals surface area contributed by atoms with E-state index in [0.29, 0.717) is 17.6 Å². The highest BCUT2D eigenvalue weighted by Gasteiger charge is 2.27. The monoisotopic (exact) mass is 471 g/mol. The zero-order valence-electron chi connectivity index (χ0n) is 19.3. The lowest BCUT2D eigenvalue weighted by molar-refractivity contribution is -0.136. The number of nitrogens with one attached hydrogen (secondary N) is 1. The molecule has 0 saturated carbocycles. The molecule has 1 atom stereocenters. The summed E-state index contributed by atoms with van der Waals surface area (Å²) < 4.78 is 39.0. The van der Waals surface area contributed by atoms with Gasteiger partial charge in [0.2, 0.25) is 10.0 Å². The minimum Gasteiger partial charge on any atom is -0.425 e. The van der Waals surface area contributed by atoms with Crippen molar-refractivity contribution in [2.45, 2.75) is 64.3 Å². The first-order chi connectivity index (χ1) is 15.7. The van der Waals surface area contributed by atoms with Crippen LogP contribution in [0.2, 0.25) is 0 Å². The topological polar surface area (TPSA) is 103 Å². The average Bonchev–Trinajstić information content (AvgIpc) is 2.76. The number of hydrogen-bond acceptors (Lipinski definition) is 6. The van der Waals surface area contributed by atoms with Crippen molar-refractivity contribution in [3.63, 3.8) is 0 Å². The number of fused-ring (bicyclic) bond motifs is 1. The Morgan fingerprint density at radius 2 is 1.76 bits per heavy atom. The van der Waals surface area contributed by atoms with Gasteiger partial charge in [-0.15, -0.1) is 0 Å². The second kappa shape index (κ2) is 10.3. The van der Waals surface area contributed by atoms with E-state index >= 15 is 0 Å². The fourth-order valence-electron chi connectivity index (χ4n) is 3.66. The minimum atomic E-state index is -3.91. The van der Waals surface area contributed by atoms with Crippen molar-refractivity contribution in [2.24, 2.45) is 0 Å². The van der Waals surface area contributed by atoms with Gasteiger partial charge in [0.1, 0.15) is 17.4 Å². The van der Waals surface area contributed by atoms with Gasteiger partial charge in [0.25, 0.3) is 0 Å². The molecule has 0 radical (unpaired) electrons. The van der Waals surface area contributed by atoms with Gasteiger partial charge in [-0.2, -0.15) is 4.72 Å². The molecule has 176 valence electrons. The predicted octanol–water partition coefficient (Wildman–Crippen LogP) is 4.41. The maximum absolute atomic E-state index is 12.9. The highest BCUT2D eigenvalue weighted by Crippen LogP contribution is 2.29. The molecule has 0 aliphatic rings. The Bertz CT molecular complexity index is 1310. The van der Waals surface area contributed by atoms with Gasteiger partial charge >= 0.3 is 11.6 Å². The van der Waals surface area contributed by atoms with E-state index in [9.17, 15) is 18.0 Å². The lowest BCUT2D eigenvalue weighted by Gasteiger charge is -2.18. The number of benzene rings is 2. The maximum atomic E-state index is 12.9. The van der Waals surface area contributed by atoms with Crippen LogP contribution in [0.5, 0.6) is 5.75 Å². The second-order valence-corrected chi connectivity index (χ2v) is 9.82. The molecule has 0 spiro atoms. The van der Waals surface area contributed by atoms with Crippen LogP contribution in [0.4, 0.5) is 0 Å². The Labute approximate surface area is 193 Å². The number of carbonyl (C=O) groups is 1. The van der Waals surface area contributed by atoms with E-state index in [0.717, 1.165) is 29.4 Å². The molecule has 3 rings (SSSR count). The molecule has 1 aromatic heterocycles. The number of aryl methyl sites for hydroxylation is 3. The van der Waals surface area contributed by atoms with Crippen LogP contribution in [0.1, 0.15) is 49.8 Å². The Kier molecular flexibility index (Phi) is 7.71. The summed E-state index contributed by atoms with van der Waals surface area (Å²) in [4.78, 5) is 25.0. The Balaban J connectivity index is 1.89. The summed E-state index contributed by atoms with van der Waals surface area (Å²) in [5, 5.41) is 0.791. The summed E-state index contributed by atoms with van der Waals surface area (Å²) in [5.74, 6) is -0.498. The molecule has 7 nitrogen and oxygen atoms in total. The number of hydrogen-bond donors (Lipinski definition) is 1. The highest BCUT2D eigenvalue weighted by molar-refractivity contribution is 7.89. The van der Waals surface area contributed by atoms with Crippen LogP contribution in [0.25, 0.3) is 11.0 Å². The molecule has 8 heteroatoms. The van der Waals surface area contributed by atoms with Crippen molar-refractivity contribution in [2.75, 3.05) is 0 Å². The molecule has 33 heavy (non-hydrogen) atoms. The van der Waals surface area contributed by atoms with E-state index in [2.05, 4.69) is 4.72 Å². The molecule has 2 aromatic carbocycles. The van der Waals surface area contributed by atoms with E-state index in [1.165, 1.54) is 18.2 Å². The smallest absolute Gasteiger partial charge is 0.336 e. The predicted molar refractivity (Wildman–Crippen MR) is 127 cm³/mol. The van der Waals surface area contributed by atoms with E-state index in [-0.39, 0.29) is 17.1 Å². The summed E-state index contributed by atoms with van der Waals surface area (Å²) in [7, 11) is -3.91. The van der Waals surface area contributed by atoms with Crippen LogP contribution in [-0.4, -0.2) is 20.4 Å². The van der Waals surface area contributed by atoms with Crippen molar-refractivity contribution in [3.05, 3.63) is 69.6 Å². The minimum absolute atomic E-state index is 0.0779. The van der Waals surface area contributed by atoms with Crippen LogP contribution in [0, 0.1) is 13.8 Å². The van der Waals surface area contributed by atoms with Gasteiger partial charge in [-0.25, -0.2) is 18.0 Å². The zero-order chi connectivity index (χ0) is 24.2. The molecule has 0 fully saturated rings. The lowest BCUT2D eigenvalue weighted by Crippen LogP contribution is -2.42. The second-order valence-electron chi connectivity index (χ2n) is 8.10. The van der Waals surface area contributed by atoms with Crippen LogP contribution >= 0.6 is 0 Å². The van der Waals surface area contributed by atoms with Gasteiger partial charge in [0.05, 0.1) is 4.90 Å². The highest BCUT2D eigenvalue weighted by atomic mass is 32.2. The molecule has 0 aliphatic heterocycles. The number of carbonyl (C=O) groups excluding carboxylic acids is 1. The first-order valence-corrected chi connectivity index (χ1v) is 12.5. The SMILES string of the molecule is CCCc1cc(=O)oc2c(C)c(OC(=O)C(CCC)NS(=O)(=O)c3ccc(C)cc3)ccc12. The van der Waals surface area contributed by atoms with Gasteiger partial charge in [-0.1, -0.05) is 44.4 Å². The van der Waals surface area contributed by atoms with Crippen molar-refractivity contribution in [1.29, 1.82) is 0 Å². The quantitative estimate of drug-likeness (QED) is 0.282. The third kappa shape index (κ3) is 5.69. The Morgan fingerprint density at radius 1 is 1.06 bits per heavy atom. The van der Waals surface area contributed by atoms with Gasteiger partial charge in [-0.05, 0) is 56.5 Å². The average molecular weight is 472 g/mol. The molecule has 0 aliphatic carbocycles. The molecule has 0 bridgehead atoms. The number of rotatable bonds is 9. The summed E-state index contributed by atoms with van der Waals surface area (Å²) in [6, 6.07) is 10.2. The van der Waals surface area contributed by atoms with E-state index in [1.54, 1.807) is 31.2 Å². The van der Waals surface area contributed by atoms with Crippen molar-refractivity contribution < 1.29 is 22.4 Å². The molecular weight excluding hydrogens is 442 g/mol. The number of esters is 1. The summed E-state index contributed by atoms with van der Waals surface area (Å²) in [6.07, 6.45) is 2.43. The fraction of sp³-hybridized carbons (Fsp3) is 0.360. The van der Waals surface area contributed by atoms with Crippen molar-refractivity contribution >= 4 is 27.0 Å².